The number of carboxylic acid groups (broad SMARTS) is 2. The molecule has 0 fully saturated rings. The number of carbonyl (C=O) groups is 2. The summed E-state index contributed by atoms with van der Waals surface area (Å²) in [6.07, 6.45) is 35.9. The number of rotatable bonds is 28. The van der Waals surface area contributed by atoms with Gasteiger partial charge in [-0.3, -0.25) is 0 Å². The molecule has 2 aromatic rings. The number of benzene rings is 2. The van der Waals surface area contributed by atoms with Crippen LogP contribution in [0.1, 0.15) is 179 Å². The van der Waals surface area contributed by atoms with Gasteiger partial charge in [0.25, 0.3) is 0 Å². The summed E-state index contributed by atoms with van der Waals surface area (Å²) in [5.41, 5.74) is -0.0367. The van der Waals surface area contributed by atoms with Gasteiger partial charge in [0.1, 0.15) is 0 Å². The first-order valence-electron chi connectivity index (χ1n) is 21.9. The predicted octanol–water partition coefficient (Wildman–Crippen LogP) is 14.3. The lowest BCUT2D eigenvalue weighted by molar-refractivity contribution is 0.0686. The van der Waals surface area contributed by atoms with Crippen LogP contribution in [0.25, 0.3) is 0 Å². The van der Waals surface area contributed by atoms with Crippen LogP contribution in [0, 0.1) is 0 Å². The van der Waals surface area contributed by atoms with Crippen LogP contribution < -0.4 is 0 Å². The maximum absolute atomic E-state index is 12.3. The fraction of sp³-hybridized carbons (Fsp3) is 0.696. The summed E-state index contributed by atoms with van der Waals surface area (Å²) in [5.74, 6) is -2.30. The third-order valence-corrected chi connectivity index (χ3v) is 22.6. The smallest absolute Gasteiger partial charge is 0.335 e. The second-order valence-electron chi connectivity index (χ2n) is 15.5. The number of unbranched alkanes of at least 4 members (excludes halogenated alkanes) is 8. The summed E-state index contributed by atoms with van der Waals surface area (Å²) in [6.45, 7) is 18.8. The molecule has 0 saturated carbocycles. The van der Waals surface area contributed by atoms with Gasteiger partial charge in [-0.05, 0) is 99.9 Å². The fourth-order valence-electron chi connectivity index (χ4n) is 6.98. The average Bonchev–Trinajstić information content (AvgIpc) is 3.20. The zero-order valence-corrected chi connectivity index (χ0v) is 39.0. The second-order valence-corrected chi connectivity index (χ2v) is 26.4. The summed E-state index contributed by atoms with van der Waals surface area (Å²) < 4.78 is 24.6. The molecule has 6 nitrogen and oxygen atoms in total. The summed E-state index contributed by atoms with van der Waals surface area (Å²) in [4.78, 5) is 21.3. The Morgan fingerprint density at radius 3 is 0.727 bits per heavy atom. The topological polar surface area (TPSA) is 109 Å². The molecule has 2 rings (SSSR count). The zero-order chi connectivity index (χ0) is 41.6. The van der Waals surface area contributed by atoms with Gasteiger partial charge in [0.2, 0.25) is 9.84 Å². The maximum atomic E-state index is 12.3. The van der Waals surface area contributed by atoms with E-state index < -0.39 is 36.3 Å². The minimum Gasteiger partial charge on any atom is -0.478 e. The minimum absolute atomic E-state index is 0.0184. The summed E-state index contributed by atoms with van der Waals surface area (Å²) in [5, 5.41) is 17.5. The standard InChI is InChI=1S/2C16H36P.C14H10O6S/c2*1-5-9-13-17(14-10-6-2,15-11-7-3)16-12-8-4;15-13(16)9-1-5-11(6-2-9)21(19,20)12-7-3-10(4-8-12)14(17)18/h2*5-16H2,1-4H3;1-8H,(H,15,16)(H,17,18)/q2*+1;. The van der Waals surface area contributed by atoms with Crippen LogP contribution in [0.4, 0.5) is 0 Å². The molecular formula is C46H82O6P2S+2. The van der Waals surface area contributed by atoms with Crippen molar-refractivity contribution < 1.29 is 28.2 Å². The van der Waals surface area contributed by atoms with Crippen LogP contribution in [-0.2, 0) is 9.84 Å². The Balaban J connectivity index is 0.000000804. The van der Waals surface area contributed by atoms with E-state index in [9.17, 15) is 18.0 Å². The van der Waals surface area contributed by atoms with Crippen molar-refractivity contribution >= 4 is 36.3 Å². The van der Waals surface area contributed by atoms with E-state index in [2.05, 4.69) is 55.4 Å². The zero-order valence-electron chi connectivity index (χ0n) is 36.4. The number of hydrogen-bond donors (Lipinski definition) is 2. The van der Waals surface area contributed by atoms with Gasteiger partial charge in [0, 0.05) is 14.5 Å². The first-order valence-corrected chi connectivity index (χ1v) is 28.5. The molecule has 0 amide bonds. The first kappa shape index (κ1) is 53.2. The Morgan fingerprint density at radius 1 is 0.400 bits per heavy atom. The van der Waals surface area contributed by atoms with Crippen molar-refractivity contribution in [3.63, 3.8) is 0 Å². The quantitative estimate of drug-likeness (QED) is 0.0827. The molecule has 0 heterocycles. The molecule has 0 aliphatic heterocycles. The molecule has 0 aliphatic rings. The van der Waals surface area contributed by atoms with Crippen LogP contribution in [0.3, 0.4) is 0 Å². The normalized spacial score (nSPS) is 11.6. The third kappa shape index (κ3) is 21.5. The molecule has 2 aromatic carbocycles. The first-order chi connectivity index (χ1) is 26.3. The van der Waals surface area contributed by atoms with E-state index in [1.54, 1.807) is 49.3 Å². The van der Waals surface area contributed by atoms with Crippen molar-refractivity contribution in [3.8, 4) is 0 Å². The highest BCUT2D eigenvalue weighted by Crippen LogP contribution is 2.62. The van der Waals surface area contributed by atoms with E-state index in [0.29, 0.717) is 0 Å². The Labute approximate surface area is 340 Å². The summed E-state index contributed by atoms with van der Waals surface area (Å²) in [7, 11) is -4.93. The lowest BCUT2D eigenvalue weighted by atomic mass is 10.2. The van der Waals surface area contributed by atoms with E-state index in [-0.39, 0.29) is 20.9 Å². The van der Waals surface area contributed by atoms with Crippen molar-refractivity contribution in [1.82, 2.24) is 0 Å². The molecule has 316 valence electrons. The second kappa shape index (κ2) is 31.2. The maximum Gasteiger partial charge on any atom is 0.335 e. The van der Waals surface area contributed by atoms with E-state index in [1.807, 2.05) is 0 Å². The van der Waals surface area contributed by atoms with Gasteiger partial charge in [-0.1, -0.05) is 107 Å². The average molecular weight is 825 g/mol. The summed E-state index contributed by atoms with van der Waals surface area (Å²) >= 11 is 0. The van der Waals surface area contributed by atoms with Crippen molar-refractivity contribution in [2.24, 2.45) is 0 Å². The summed E-state index contributed by atoms with van der Waals surface area (Å²) in [6, 6.07) is 9.57. The Morgan fingerprint density at radius 2 is 0.582 bits per heavy atom. The highest BCUT2D eigenvalue weighted by atomic mass is 32.2. The van der Waals surface area contributed by atoms with Gasteiger partial charge in [-0.25, -0.2) is 18.0 Å². The molecule has 0 aromatic heterocycles. The number of aromatic carboxylic acids is 2. The molecule has 0 spiro atoms. The Kier molecular flexibility index (Phi) is 30.2. The van der Waals surface area contributed by atoms with Crippen LogP contribution in [-0.4, -0.2) is 79.9 Å². The number of hydrogen-bond acceptors (Lipinski definition) is 4. The van der Waals surface area contributed by atoms with Crippen molar-refractivity contribution in [3.05, 3.63) is 59.7 Å². The van der Waals surface area contributed by atoms with Gasteiger partial charge in [-0.2, -0.15) is 0 Å². The van der Waals surface area contributed by atoms with Gasteiger partial charge >= 0.3 is 11.9 Å². The molecule has 0 bridgehead atoms. The van der Waals surface area contributed by atoms with Gasteiger partial charge < -0.3 is 10.2 Å². The fourth-order valence-corrected chi connectivity index (χ4v) is 18.8. The molecule has 9 heteroatoms. The van der Waals surface area contributed by atoms with E-state index >= 15 is 0 Å². The molecule has 0 unspecified atom stereocenters. The van der Waals surface area contributed by atoms with E-state index in [4.69, 9.17) is 10.2 Å². The molecule has 0 aliphatic carbocycles. The lowest BCUT2D eigenvalue weighted by Gasteiger charge is -2.28. The van der Waals surface area contributed by atoms with Crippen molar-refractivity contribution in [1.29, 1.82) is 0 Å². The van der Waals surface area contributed by atoms with Crippen LogP contribution in [0.2, 0.25) is 0 Å². The van der Waals surface area contributed by atoms with Crippen molar-refractivity contribution in [2.45, 2.75) is 168 Å². The van der Waals surface area contributed by atoms with E-state index in [0.717, 1.165) is 0 Å². The van der Waals surface area contributed by atoms with Gasteiger partial charge in [0.15, 0.2) is 0 Å². The Bertz CT molecular complexity index is 1200. The molecular weight excluding hydrogens is 743 g/mol. The van der Waals surface area contributed by atoms with Gasteiger partial charge in [-0.15, -0.1) is 0 Å². The highest BCUT2D eigenvalue weighted by molar-refractivity contribution is 7.91. The monoisotopic (exact) mass is 825 g/mol. The molecule has 55 heavy (non-hydrogen) atoms. The number of sulfone groups is 1. The SMILES string of the molecule is CCCC[P+](CCCC)(CCCC)CCCC.CCCC[P+](CCCC)(CCCC)CCCC.O=C(O)c1ccc(S(=O)(=O)c2ccc(C(=O)O)cc2)cc1. The van der Waals surface area contributed by atoms with Crippen LogP contribution in [0.15, 0.2) is 58.3 Å². The highest BCUT2D eigenvalue weighted by Gasteiger charge is 2.35. The molecule has 0 saturated heterocycles. The molecule has 0 atom stereocenters. The number of carboxylic acids is 2. The van der Waals surface area contributed by atoms with Crippen LogP contribution >= 0.6 is 14.5 Å². The van der Waals surface area contributed by atoms with Gasteiger partial charge in [0.05, 0.1) is 70.2 Å². The van der Waals surface area contributed by atoms with E-state index in [1.165, 1.54) is 151 Å². The van der Waals surface area contributed by atoms with Crippen LogP contribution in [0.5, 0.6) is 0 Å². The largest absolute Gasteiger partial charge is 0.478 e. The molecule has 2 N–H and O–H groups in total. The minimum atomic E-state index is -3.81. The third-order valence-electron chi connectivity index (χ3n) is 10.7. The van der Waals surface area contributed by atoms with Crippen molar-refractivity contribution in [2.75, 3.05) is 49.3 Å². The Hall–Kier alpha value is -1.81. The lowest BCUT2D eigenvalue weighted by Crippen LogP contribution is -2.12. The predicted molar refractivity (Wildman–Crippen MR) is 244 cm³/mol. The molecule has 0 radical (unpaired) electrons.